The van der Waals surface area contributed by atoms with E-state index in [2.05, 4.69) is 15.9 Å². The van der Waals surface area contributed by atoms with Crippen molar-refractivity contribution < 1.29 is 16.8 Å². The van der Waals surface area contributed by atoms with Crippen molar-refractivity contribution in [3.63, 3.8) is 0 Å². The lowest BCUT2D eigenvalue weighted by Crippen LogP contribution is -2.40. The fourth-order valence-corrected chi connectivity index (χ4v) is 6.36. The largest absolute Gasteiger partial charge is 0.243 e. The molecule has 1 heterocycles. The van der Waals surface area contributed by atoms with Gasteiger partial charge in [0.2, 0.25) is 10.0 Å². The number of sulfonamides is 1. The Morgan fingerprint density at radius 1 is 1.38 bits per heavy atom. The SMILES string of the molecule is CCN(C1CCS(=O)(=O)C1)S(=O)(=O)c1ccc(Br)c(C)c1. The Bertz CT molecular complexity index is 743. The summed E-state index contributed by atoms with van der Waals surface area (Å²) in [5, 5.41) is 0. The molecule has 1 fully saturated rings. The maximum absolute atomic E-state index is 12.7. The van der Waals surface area contributed by atoms with Gasteiger partial charge in [0.25, 0.3) is 0 Å². The third kappa shape index (κ3) is 3.49. The molecule has 1 saturated heterocycles. The first-order valence-corrected chi connectivity index (χ1v) is 10.7. The summed E-state index contributed by atoms with van der Waals surface area (Å²) >= 11 is 3.34. The fourth-order valence-electron chi connectivity index (χ4n) is 2.54. The zero-order valence-corrected chi connectivity index (χ0v) is 15.1. The van der Waals surface area contributed by atoms with Crippen LogP contribution in [-0.4, -0.2) is 45.2 Å². The molecule has 118 valence electrons. The van der Waals surface area contributed by atoms with Crippen LogP contribution in [0.2, 0.25) is 0 Å². The zero-order chi connectivity index (χ0) is 15.8. The molecular formula is C13H18BrNO4S2. The van der Waals surface area contributed by atoms with Crippen molar-refractivity contribution in [3.05, 3.63) is 28.2 Å². The average molecular weight is 396 g/mol. The van der Waals surface area contributed by atoms with Gasteiger partial charge in [-0.25, -0.2) is 16.8 Å². The minimum atomic E-state index is -3.68. The molecule has 0 saturated carbocycles. The Labute approximate surface area is 134 Å². The Morgan fingerprint density at radius 2 is 2.05 bits per heavy atom. The molecule has 1 aliphatic rings. The Kier molecular flexibility index (Phi) is 4.82. The number of hydrogen-bond donors (Lipinski definition) is 0. The quantitative estimate of drug-likeness (QED) is 0.780. The van der Waals surface area contributed by atoms with E-state index in [1.54, 1.807) is 25.1 Å². The second kappa shape index (κ2) is 5.98. The van der Waals surface area contributed by atoms with Crippen molar-refractivity contribution in [3.8, 4) is 0 Å². The van der Waals surface area contributed by atoms with E-state index in [-0.39, 0.29) is 22.9 Å². The number of halogens is 1. The lowest BCUT2D eigenvalue weighted by Gasteiger charge is -2.26. The van der Waals surface area contributed by atoms with Gasteiger partial charge in [0, 0.05) is 17.1 Å². The van der Waals surface area contributed by atoms with Gasteiger partial charge in [0.05, 0.1) is 16.4 Å². The molecule has 0 N–H and O–H groups in total. The Balaban J connectivity index is 2.38. The first-order chi connectivity index (χ1) is 9.67. The summed E-state index contributed by atoms with van der Waals surface area (Å²) in [4.78, 5) is 0.203. The lowest BCUT2D eigenvalue weighted by atomic mass is 10.2. The van der Waals surface area contributed by atoms with Crippen LogP contribution in [0.5, 0.6) is 0 Å². The van der Waals surface area contributed by atoms with Gasteiger partial charge >= 0.3 is 0 Å². The van der Waals surface area contributed by atoms with Gasteiger partial charge in [0.1, 0.15) is 0 Å². The van der Waals surface area contributed by atoms with E-state index in [1.807, 2.05) is 6.92 Å². The molecule has 0 amide bonds. The van der Waals surface area contributed by atoms with Gasteiger partial charge in [-0.2, -0.15) is 4.31 Å². The fraction of sp³-hybridized carbons (Fsp3) is 0.538. The molecule has 0 aromatic heterocycles. The van der Waals surface area contributed by atoms with Crippen molar-refractivity contribution in [2.75, 3.05) is 18.1 Å². The van der Waals surface area contributed by atoms with E-state index >= 15 is 0 Å². The number of hydrogen-bond acceptors (Lipinski definition) is 4. The molecule has 5 nitrogen and oxygen atoms in total. The van der Waals surface area contributed by atoms with E-state index in [9.17, 15) is 16.8 Å². The van der Waals surface area contributed by atoms with Crippen molar-refractivity contribution in [2.24, 2.45) is 0 Å². The summed E-state index contributed by atoms with van der Waals surface area (Å²) < 4.78 is 50.8. The molecule has 0 aliphatic carbocycles. The van der Waals surface area contributed by atoms with Crippen LogP contribution in [0, 0.1) is 6.92 Å². The highest BCUT2D eigenvalue weighted by atomic mass is 79.9. The molecule has 1 aliphatic heterocycles. The summed E-state index contributed by atoms with van der Waals surface area (Å²) in [7, 11) is -6.80. The van der Waals surface area contributed by atoms with Crippen LogP contribution < -0.4 is 0 Å². The number of benzene rings is 1. The highest BCUT2D eigenvalue weighted by Crippen LogP contribution is 2.27. The van der Waals surface area contributed by atoms with Gasteiger partial charge in [-0.1, -0.05) is 22.9 Å². The minimum absolute atomic E-state index is 0.0586. The summed E-state index contributed by atoms with van der Waals surface area (Å²) in [6.45, 7) is 3.81. The van der Waals surface area contributed by atoms with E-state index in [1.165, 1.54) is 4.31 Å². The maximum Gasteiger partial charge on any atom is 0.243 e. The lowest BCUT2D eigenvalue weighted by molar-refractivity contribution is 0.354. The van der Waals surface area contributed by atoms with Crippen LogP contribution in [0.3, 0.4) is 0 Å². The van der Waals surface area contributed by atoms with E-state index in [0.29, 0.717) is 6.42 Å². The molecule has 1 unspecified atom stereocenters. The van der Waals surface area contributed by atoms with Gasteiger partial charge in [-0.3, -0.25) is 0 Å². The first-order valence-electron chi connectivity index (χ1n) is 6.66. The Hall–Kier alpha value is -0.440. The second-order valence-corrected chi connectivity index (χ2v) is 10.1. The number of aryl methyl sites for hydroxylation is 1. The van der Waals surface area contributed by atoms with Crippen LogP contribution in [-0.2, 0) is 19.9 Å². The zero-order valence-electron chi connectivity index (χ0n) is 11.9. The highest BCUT2D eigenvalue weighted by Gasteiger charge is 2.37. The van der Waals surface area contributed by atoms with E-state index in [0.717, 1.165) is 10.0 Å². The summed E-state index contributed by atoms with van der Waals surface area (Å²) in [5.74, 6) is -0.0291. The molecule has 1 aromatic carbocycles. The highest BCUT2D eigenvalue weighted by molar-refractivity contribution is 9.10. The minimum Gasteiger partial charge on any atom is -0.229 e. The predicted molar refractivity (Wildman–Crippen MR) is 85.5 cm³/mol. The Morgan fingerprint density at radius 3 is 2.52 bits per heavy atom. The van der Waals surface area contributed by atoms with E-state index < -0.39 is 25.9 Å². The van der Waals surface area contributed by atoms with Crippen LogP contribution in [0.15, 0.2) is 27.6 Å². The van der Waals surface area contributed by atoms with Crippen molar-refractivity contribution in [2.45, 2.75) is 31.2 Å². The molecule has 21 heavy (non-hydrogen) atoms. The average Bonchev–Trinajstić information content (AvgIpc) is 2.73. The maximum atomic E-state index is 12.7. The molecule has 1 atom stereocenters. The van der Waals surface area contributed by atoms with Crippen LogP contribution >= 0.6 is 15.9 Å². The smallest absolute Gasteiger partial charge is 0.229 e. The van der Waals surface area contributed by atoms with Crippen LogP contribution in [0.4, 0.5) is 0 Å². The predicted octanol–water partition coefficient (Wildman–Crippen LogP) is 1.96. The summed E-state index contributed by atoms with van der Waals surface area (Å²) in [5.41, 5.74) is 0.825. The van der Waals surface area contributed by atoms with Crippen molar-refractivity contribution in [1.29, 1.82) is 0 Å². The number of nitrogens with zero attached hydrogens (tertiary/aromatic N) is 1. The second-order valence-electron chi connectivity index (χ2n) is 5.18. The normalized spacial score (nSPS) is 21.8. The summed E-state index contributed by atoms with van der Waals surface area (Å²) in [6, 6.07) is 4.37. The molecule has 0 radical (unpaired) electrons. The van der Waals surface area contributed by atoms with Crippen molar-refractivity contribution in [1.82, 2.24) is 4.31 Å². The van der Waals surface area contributed by atoms with Crippen molar-refractivity contribution >= 4 is 35.8 Å². The summed E-state index contributed by atoms with van der Waals surface area (Å²) in [6.07, 6.45) is 0.366. The van der Waals surface area contributed by atoms with Gasteiger partial charge in [-0.15, -0.1) is 0 Å². The van der Waals surface area contributed by atoms with Crippen LogP contribution in [0.1, 0.15) is 18.9 Å². The topological polar surface area (TPSA) is 71.5 Å². The third-order valence-electron chi connectivity index (χ3n) is 3.66. The molecule has 1 aromatic rings. The monoisotopic (exact) mass is 395 g/mol. The molecule has 0 bridgehead atoms. The molecule has 8 heteroatoms. The molecule has 2 rings (SSSR count). The van der Waals surface area contributed by atoms with E-state index in [4.69, 9.17) is 0 Å². The standard InChI is InChI=1S/C13H18BrNO4S2/c1-3-15(11-6-7-20(16,17)9-11)21(18,19)12-4-5-13(14)10(2)8-12/h4-5,8,11H,3,6-7,9H2,1-2H3. The number of rotatable bonds is 4. The third-order valence-corrected chi connectivity index (χ3v) is 8.33. The first kappa shape index (κ1) is 16.9. The molecule has 0 spiro atoms. The molecular weight excluding hydrogens is 378 g/mol. The van der Waals surface area contributed by atoms with Gasteiger partial charge < -0.3 is 0 Å². The van der Waals surface area contributed by atoms with Crippen LogP contribution in [0.25, 0.3) is 0 Å². The number of sulfone groups is 1. The van der Waals surface area contributed by atoms with Gasteiger partial charge in [-0.05, 0) is 37.1 Å². The van der Waals surface area contributed by atoms with Gasteiger partial charge in [0.15, 0.2) is 9.84 Å².